The molecule has 1 atom stereocenters. The highest BCUT2D eigenvalue weighted by Crippen LogP contribution is 2.16. The summed E-state index contributed by atoms with van der Waals surface area (Å²) in [5, 5.41) is 9.35. The lowest BCUT2D eigenvalue weighted by Gasteiger charge is -2.24. The van der Waals surface area contributed by atoms with Crippen molar-refractivity contribution in [2.24, 2.45) is 5.73 Å². The highest BCUT2D eigenvalue weighted by molar-refractivity contribution is 14.1. The Labute approximate surface area is 150 Å². The van der Waals surface area contributed by atoms with Gasteiger partial charge in [-0.15, -0.1) is 0 Å². The van der Waals surface area contributed by atoms with Gasteiger partial charge in [-0.2, -0.15) is 0 Å². The number of benzene rings is 1. The summed E-state index contributed by atoms with van der Waals surface area (Å²) < 4.78 is 0.789. The molecule has 1 rings (SSSR count). The summed E-state index contributed by atoms with van der Waals surface area (Å²) in [4.78, 5) is 0. The van der Waals surface area contributed by atoms with Crippen LogP contribution in [0.4, 0.5) is 0 Å². The number of aliphatic hydroxyl groups excluding tert-OH is 1. The van der Waals surface area contributed by atoms with E-state index >= 15 is 0 Å². The number of rotatable bonds is 12. The molecule has 3 N–H and O–H groups in total. The topological polar surface area (TPSA) is 46.2 Å². The Balaban J connectivity index is 2.28. The molecule has 0 saturated heterocycles. The highest BCUT2D eigenvalue weighted by Gasteiger charge is 2.21. The van der Waals surface area contributed by atoms with Gasteiger partial charge in [0.2, 0.25) is 0 Å². The number of aryl methyl sites for hydroxylation is 2. The van der Waals surface area contributed by atoms with Gasteiger partial charge in [-0.25, -0.2) is 0 Å². The zero-order chi connectivity index (χ0) is 16.3. The first kappa shape index (κ1) is 19.9. The Bertz CT molecular complexity index is 387. The lowest BCUT2D eigenvalue weighted by molar-refractivity contribution is 0.206. The fourth-order valence-electron chi connectivity index (χ4n) is 2.56. The zero-order valence-corrected chi connectivity index (χ0v) is 16.1. The van der Waals surface area contributed by atoms with Crippen LogP contribution >= 0.6 is 22.6 Å². The van der Waals surface area contributed by atoms with Crippen LogP contribution in [0, 0.1) is 0 Å². The van der Waals surface area contributed by atoms with Crippen molar-refractivity contribution in [3.05, 3.63) is 35.4 Å². The van der Waals surface area contributed by atoms with E-state index in [9.17, 15) is 5.11 Å². The monoisotopic (exact) mass is 417 g/mol. The van der Waals surface area contributed by atoms with Crippen molar-refractivity contribution >= 4 is 22.6 Å². The molecular weight excluding hydrogens is 385 g/mol. The summed E-state index contributed by atoms with van der Waals surface area (Å²) in [6.07, 6.45) is 11.1. The molecule has 0 spiro atoms. The number of halogens is 1. The van der Waals surface area contributed by atoms with Gasteiger partial charge in [0.15, 0.2) is 0 Å². The SMILES string of the molecule is CCCCCCCCc1ccc(CCC(N)(CO)CI)cc1. The summed E-state index contributed by atoms with van der Waals surface area (Å²) in [5.41, 5.74) is 8.46. The van der Waals surface area contributed by atoms with E-state index in [0.717, 1.165) is 17.3 Å². The molecule has 22 heavy (non-hydrogen) atoms. The molecule has 2 nitrogen and oxygen atoms in total. The smallest absolute Gasteiger partial charge is 0.0618 e. The van der Waals surface area contributed by atoms with E-state index in [1.54, 1.807) is 0 Å². The average Bonchev–Trinajstić information content (AvgIpc) is 2.57. The first-order chi connectivity index (χ1) is 10.6. The van der Waals surface area contributed by atoms with E-state index in [1.807, 2.05) is 0 Å². The summed E-state index contributed by atoms with van der Waals surface area (Å²) >= 11 is 2.26. The summed E-state index contributed by atoms with van der Waals surface area (Å²) in [5.74, 6) is 0. The maximum atomic E-state index is 9.35. The third-order valence-corrected chi connectivity index (χ3v) is 5.85. The Morgan fingerprint density at radius 2 is 1.50 bits per heavy atom. The predicted molar refractivity (Wildman–Crippen MR) is 105 cm³/mol. The second-order valence-electron chi connectivity index (χ2n) is 6.49. The maximum absolute atomic E-state index is 9.35. The minimum atomic E-state index is -0.433. The fraction of sp³-hybridized carbons (Fsp3) is 0.684. The van der Waals surface area contributed by atoms with Gasteiger partial charge in [0.25, 0.3) is 0 Å². The van der Waals surface area contributed by atoms with Crippen LogP contribution in [-0.2, 0) is 12.8 Å². The molecule has 126 valence electrons. The van der Waals surface area contributed by atoms with Crippen molar-refractivity contribution < 1.29 is 5.11 Å². The molecule has 1 unspecified atom stereocenters. The van der Waals surface area contributed by atoms with Crippen molar-refractivity contribution in [2.75, 3.05) is 11.0 Å². The molecule has 0 radical (unpaired) electrons. The number of unbranched alkanes of at least 4 members (excludes halogenated alkanes) is 5. The van der Waals surface area contributed by atoms with E-state index < -0.39 is 5.54 Å². The molecule has 1 aromatic carbocycles. The van der Waals surface area contributed by atoms with Gasteiger partial charge in [-0.3, -0.25) is 0 Å². The number of alkyl halides is 1. The minimum absolute atomic E-state index is 0.0616. The maximum Gasteiger partial charge on any atom is 0.0618 e. The first-order valence-electron chi connectivity index (χ1n) is 8.67. The van der Waals surface area contributed by atoms with Gasteiger partial charge in [0.05, 0.1) is 6.61 Å². The fourth-order valence-corrected chi connectivity index (χ4v) is 3.19. The highest BCUT2D eigenvalue weighted by atomic mass is 127. The van der Waals surface area contributed by atoms with Gasteiger partial charge < -0.3 is 10.8 Å². The molecule has 0 heterocycles. The van der Waals surface area contributed by atoms with Crippen LogP contribution in [0.25, 0.3) is 0 Å². The second kappa shape index (κ2) is 11.4. The van der Waals surface area contributed by atoms with Crippen LogP contribution in [0.2, 0.25) is 0 Å². The lowest BCUT2D eigenvalue weighted by Crippen LogP contribution is -2.45. The predicted octanol–water partition coefficient (Wildman–Crippen LogP) is 4.65. The molecule has 3 heteroatoms. The quantitative estimate of drug-likeness (QED) is 0.296. The molecule has 0 amide bonds. The van der Waals surface area contributed by atoms with E-state index in [2.05, 4.69) is 53.8 Å². The van der Waals surface area contributed by atoms with Gasteiger partial charge >= 0.3 is 0 Å². The van der Waals surface area contributed by atoms with E-state index in [1.165, 1.54) is 56.1 Å². The number of hydrogen-bond acceptors (Lipinski definition) is 2. The van der Waals surface area contributed by atoms with Crippen molar-refractivity contribution in [1.29, 1.82) is 0 Å². The van der Waals surface area contributed by atoms with E-state index in [0.29, 0.717) is 0 Å². The molecule has 0 aliphatic heterocycles. The van der Waals surface area contributed by atoms with Crippen LogP contribution in [0.5, 0.6) is 0 Å². The molecule has 1 aromatic rings. The Hall–Kier alpha value is -0.130. The summed E-state index contributed by atoms with van der Waals surface area (Å²) in [7, 11) is 0. The van der Waals surface area contributed by atoms with Crippen molar-refractivity contribution in [3.8, 4) is 0 Å². The van der Waals surface area contributed by atoms with Gasteiger partial charge in [0, 0.05) is 9.97 Å². The molecule has 0 aliphatic carbocycles. The molecule has 0 aliphatic rings. The van der Waals surface area contributed by atoms with Crippen molar-refractivity contribution in [2.45, 2.75) is 70.3 Å². The normalized spacial score (nSPS) is 14.0. The van der Waals surface area contributed by atoms with Crippen LogP contribution in [0.1, 0.15) is 63.0 Å². The van der Waals surface area contributed by atoms with E-state index in [-0.39, 0.29) is 6.61 Å². The summed E-state index contributed by atoms with van der Waals surface area (Å²) in [6.45, 7) is 2.32. The Morgan fingerprint density at radius 3 is 2.05 bits per heavy atom. The molecular formula is C19H32INO. The molecule has 0 fully saturated rings. The molecule has 0 aromatic heterocycles. The number of hydrogen-bond donors (Lipinski definition) is 2. The molecule has 0 bridgehead atoms. The van der Waals surface area contributed by atoms with Crippen molar-refractivity contribution in [3.63, 3.8) is 0 Å². The number of aliphatic hydroxyl groups is 1. The third-order valence-electron chi connectivity index (χ3n) is 4.33. The minimum Gasteiger partial charge on any atom is -0.394 e. The zero-order valence-electron chi connectivity index (χ0n) is 14.0. The van der Waals surface area contributed by atoms with Gasteiger partial charge in [0.1, 0.15) is 0 Å². The first-order valence-corrected chi connectivity index (χ1v) is 10.2. The Morgan fingerprint density at radius 1 is 0.955 bits per heavy atom. The van der Waals surface area contributed by atoms with Crippen LogP contribution in [0.3, 0.4) is 0 Å². The van der Waals surface area contributed by atoms with Crippen molar-refractivity contribution in [1.82, 2.24) is 0 Å². The second-order valence-corrected chi connectivity index (χ2v) is 7.25. The van der Waals surface area contributed by atoms with E-state index in [4.69, 9.17) is 5.73 Å². The van der Waals surface area contributed by atoms with Crippen LogP contribution < -0.4 is 5.73 Å². The standard InChI is InChI=1S/C19H32INO/c1-2-3-4-5-6-7-8-17-9-11-18(12-10-17)13-14-19(21,15-20)16-22/h9-12,22H,2-8,13-16,21H2,1H3. The van der Waals surface area contributed by atoms with Gasteiger partial charge in [-0.1, -0.05) is 85.9 Å². The summed E-state index contributed by atoms with van der Waals surface area (Å²) in [6, 6.07) is 8.94. The lowest BCUT2D eigenvalue weighted by atomic mass is 9.94. The average molecular weight is 417 g/mol. The third kappa shape index (κ3) is 7.93. The largest absolute Gasteiger partial charge is 0.394 e. The number of nitrogens with two attached hydrogens (primary N) is 1. The van der Waals surface area contributed by atoms with Crippen LogP contribution in [-0.4, -0.2) is 21.7 Å². The molecule has 0 saturated carbocycles. The Kier molecular flexibility index (Phi) is 10.3. The van der Waals surface area contributed by atoms with Crippen LogP contribution in [0.15, 0.2) is 24.3 Å². The van der Waals surface area contributed by atoms with Gasteiger partial charge in [-0.05, 0) is 36.8 Å².